The second kappa shape index (κ2) is 7.68. The van der Waals surface area contributed by atoms with Gasteiger partial charge < -0.3 is 10.6 Å². The van der Waals surface area contributed by atoms with Crippen molar-refractivity contribution < 1.29 is 9.59 Å². The van der Waals surface area contributed by atoms with Crippen molar-refractivity contribution in [3.05, 3.63) is 34.9 Å². The molecule has 4 nitrogen and oxygen atoms in total. The van der Waals surface area contributed by atoms with Gasteiger partial charge in [-0.25, -0.2) is 0 Å². The molecule has 0 aliphatic rings. The van der Waals surface area contributed by atoms with Gasteiger partial charge in [0.25, 0.3) is 0 Å². The highest BCUT2D eigenvalue weighted by Crippen LogP contribution is 2.10. The molecule has 0 bridgehead atoms. The molecule has 2 N–H and O–H groups in total. The van der Waals surface area contributed by atoms with Crippen LogP contribution in [0.1, 0.15) is 37.0 Å². The predicted molar refractivity (Wildman–Crippen MR) is 80.5 cm³/mol. The van der Waals surface area contributed by atoms with E-state index in [1.165, 1.54) is 11.1 Å². The summed E-state index contributed by atoms with van der Waals surface area (Å²) in [5, 5.41) is 5.48. The summed E-state index contributed by atoms with van der Waals surface area (Å²) in [6.07, 6.45) is 1.18. The number of nitrogens with one attached hydrogen (secondary N) is 2. The topological polar surface area (TPSA) is 58.2 Å². The first-order chi connectivity index (χ1) is 9.43. The molecule has 0 aliphatic heterocycles. The Hall–Kier alpha value is -1.84. The lowest BCUT2D eigenvalue weighted by Gasteiger charge is -2.14. The molecule has 0 saturated carbocycles. The summed E-state index contributed by atoms with van der Waals surface area (Å²) in [4.78, 5) is 23.6. The van der Waals surface area contributed by atoms with E-state index in [1.54, 1.807) is 6.92 Å². The van der Waals surface area contributed by atoms with Crippen LogP contribution < -0.4 is 10.6 Å². The first kappa shape index (κ1) is 16.2. The molecular formula is C16H24N2O2. The molecule has 0 saturated heterocycles. The molecule has 0 aromatic heterocycles. The maximum Gasteiger partial charge on any atom is 0.242 e. The van der Waals surface area contributed by atoms with Gasteiger partial charge in [-0.2, -0.15) is 0 Å². The molecule has 4 heteroatoms. The number of carbonyl (C=O) groups is 2. The Kier molecular flexibility index (Phi) is 6.22. The van der Waals surface area contributed by atoms with Crippen molar-refractivity contribution >= 4 is 11.8 Å². The Morgan fingerprint density at radius 1 is 1.20 bits per heavy atom. The van der Waals surface area contributed by atoms with Gasteiger partial charge in [-0.05, 0) is 43.9 Å². The minimum Gasteiger partial charge on any atom is -0.354 e. The summed E-state index contributed by atoms with van der Waals surface area (Å²) in [5.74, 6) is -0.271. The van der Waals surface area contributed by atoms with Crippen molar-refractivity contribution in [2.75, 3.05) is 6.54 Å². The maximum atomic E-state index is 11.9. The van der Waals surface area contributed by atoms with Crippen LogP contribution >= 0.6 is 0 Å². The summed E-state index contributed by atoms with van der Waals surface area (Å²) < 4.78 is 0. The summed E-state index contributed by atoms with van der Waals surface area (Å²) in [5.41, 5.74) is 3.34. The van der Waals surface area contributed by atoms with Gasteiger partial charge in [-0.15, -0.1) is 0 Å². The number of benzene rings is 1. The molecule has 0 radical (unpaired) electrons. The van der Waals surface area contributed by atoms with Crippen LogP contribution in [0.3, 0.4) is 0 Å². The van der Waals surface area contributed by atoms with Crippen molar-refractivity contribution in [2.24, 2.45) is 0 Å². The Bertz CT molecular complexity index is 483. The average molecular weight is 276 g/mol. The van der Waals surface area contributed by atoms with E-state index in [9.17, 15) is 9.59 Å². The summed E-state index contributed by atoms with van der Waals surface area (Å²) in [6, 6.07) is 5.47. The molecule has 0 fully saturated rings. The second-order valence-electron chi connectivity index (χ2n) is 5.18. The van der Waals surface area contributed by atoms with E-state index >= 15 is 0 Å². The van der Waals surface area contributed by atoms with Crippen molar-refractivity contribution in [1.82, 2.24) is 10.6 Å². The Balaban J connectivity index is 2.50. The summed E-state index contributed by atoms with van der Waals surface area (Å²) in [7, 11) is 0. The van der Waals surface area contributed by atoms with Crippen LogP contribution in [0, 0.1) is 13.8 Å². The minimum absolute atomic E-state index is 0.132. The largest absolute Gasteiger partial charge is 0.354 e. The molecule has 0 spiro atoms. The standard InChI is InChI=1S/C16H24N2O2/c1-5-8-17-16(20)13(4)18-15(19)10-14-7-6-11(2)12(3)9-14/h6-7,9,13H,5,8,10H2,1-4H3,(H,17,20)(H,18,19)/t13-/m0/s1. The van der Waals surface area contributed by atoms with Gasteiger partial charge in [0.05, 0.1) is 6.42 Å². The highest BCUT2D eigenvalue weighted by atomic mass is 16.2. The van der Waals surface area contributed by atoms with Crippen molar-refractivity contribution in [3.8, 4) is 0 Å². The van der Waals surface area contributed by atoms with E-state index in [4.69, 9.17) is 0 Å². The molecule has 1 aromatic rings. The van der Waals surface area contributed by atoms with Crippen LogP contribution in [-0.2, 0) is 16.0 Å². The van der Waals surface area contributed by atoms with Gasteiger partial charge in [-0.3, -0.25) is 9.59 Å². The Morgan fingerprint density at radius 2 is 1.90 bits per heavy atom. The van der Waals surface area contributed by atoms with Crippen LogP contribution in [0.4, 0.5) is 0 Å². The smallest absolute Gasteiger partial charge is 0.242 e. The molecule has 1 atom stereocenters. The van der Waals surface area contributed by atoms with Gasteiger partial charge in [0.15, 0.2) is 0 Å². The number of rotatable bonds is 6. The average Bonchev–Trinajstić information content (AvgIpc) is 2.40. The molecular weight excluding hydrogens is 252 g/mol. The van der Waals surface area contributed by atoms with Crippen LogP contribution in [0.25, 0.3) is 0 Å². The summed E-state index contributed by atoms with van der Waals surface area (Å²) >= 11 is 0. The fourth-order valence-corrected chi connectivity index (χ4v) is 1.86. The first-order valence-electron chi connectivity index (χ1n) is 7.07. The third-order valence-electron chi connectivity index (χ3n) is 3.26. The van der Waals surface area contributed by atoms with Gasteiger partial charge in [0.1, 0.15) is 6.04 Å². The number of carbonyl (C=O) groups excluding carboxylic acids is 2. The van der Waals surface area contributed by atoms with Crippen molar-refractivity contribution in [1.29, 1.82) is 0 Å². The van der Waals surface area contributed by atoms with Crippen LogP contribution in [-0.4, -0.2) is 24.4 Å². The van der Waals surface area contributed by atoms with Gasteiger partial charge in [-0.1, -0.05) is 25.1 Å². The van der Waals surface area contributed by atoms with Crippen molar-refractivity contribution in [3.63, 3.8) is 0 Å². The third kappa shape index (κ3) is 5.03. The SMILES string of the molecule is CCCNC(=O)[C@H](C)NC(=O)Cc1ccc(C)c(C)c1. The molecule has 2 amide bonds. The second-order valence-corrected chi connectivity index (χ2v) is 5.18. The number of amides is 2. The van der Waals surface area contributed by atoms with E-state index < -0.39 is 6.04 Å². The zero-order valence-corrected chi connectivity index (χ0v) is 12.7. The van der Waals surface area contributed by atoms with E-state index in [-0.39, 0.29) is 11.8 Å². The van der Waals surface area contributed by atoms with E-state index in [2.05, 4.69) is 10.6 Å². The zero-order chi connectivity index (χ0) is 15.1. The number of hydrogen-bond donors (Lipinski definition) is 2. The Labute approximate surface area is 121 Å². The maximum absolute atomic E-state index is 11.9. The first-order valence-corrected chi connectivity index (χ1v) is 7.07. The number of aryl methyl sites for hydroxylation is 2. The van der Waals surface area contributed by atoms with E-state index in [0.29, 0.717) is 13.0 Å². The molecule has 0 unspecified atom stereocenters. The van der Waals surface area contributed by atoms with Gasteiger partial charge in [0.2, 0.25) is 11.8 Å². The molecule has 0 heterocycles. The third-order valence-corrected chi connectivity index (χ3v) is 3.26. The van der Waals surface area contributed by atoms with Gasteiger partial charge in [0, 0.05) is 6.54 Å². The van der Waals surface area contributed by atoms with Crippen molar-refractivity contribution in [2.45, 2.75) is 46.6 Å². The van der Waals surface area contributed by atoms with Crippen LogP contribution in [0.15, 0.2) is 18.2 Å². The molecule has 0 aliphatic carbocycles. The summed E-state index contributed by atoms with van der Waals surface area (Å²) in [6.45, 7) is 8.39. The Morgan fingerprint density at radius 3 is 2.50 bits per heavy atom. The molecule has 110 valence electrons. The van der Waals surface area contributed by atoms with Gasteiger partial charge >= 0.3 is 0 Å². The fraction of sp³-hybridized carbons (Fsp3) is 0.500. The van der Waals surface area contributed by atoms with Crippen LogP contribution in [0.5, 0.6) is 0 Å². The lowest BCUT2D eigenvalue weighted by atomic mass is 10.0. The van der Waals surface area contributed by atoms with Crippen LogP contribution in [0.2, 0.25) is 0 Å². The lowest BCUT2D eigenvalue weighted by Crippen LogP contribution is -2.45. The molecule has 20 heavy (non-hydrogen) atoms. The fourth-order valence-electron chi connectivity index (χ4n) is 1.86. The molecule has 1 rings (SSSR count). The quantitative estimate of drug-likeness (QED) is 0.833. The monoisotopic (exact) mass is 276 g/mol. The lowest BCUT2D eigenvalue weighted by molar-refractivity contribution is -0.128. The molecule has 1 aromatic carbocycles. The minimum atomic E-state index is -0.499. The predicted octanol–water partition coefficient (Wildman–Crippen LogP) is 1.88. The highest BCUT2D eigenvalue weighted by molar-refractivity contribution is 5.88. The normalized spacial score (nSPS) is 11.8. The number of hydrogen-bond acceptors (Lipinski definition) is 2. The van der Waals surface area contributed by atoms with E-state index in [1.807, 2.05) is 39.0 Å². The zero-order valence-electron chi connectivity index (χ0n) is 12.7. The highest BCUT2D eigenvalue weighted by Gasteiger charge is 2.15. The van der Waals surface area contributed by atoms with E-state index in [0.717, 1.165) is 12.0 Å².